The van der Waals surface area contributed by atoms with Crippen LogP contribution in [0, 0.1) is 11.6 Å². The van der Waals surface area contributed by atoms with E-state index in [2.05, 4.69) is 5.10 Å². The molecule has 0 atom stereocenters. The quantitative estimate of drug-likeness (QED) is 0.544. The van der Waals surface area contributed by atoms with Gasteiger partial charge < -0.3 is 9.67 Å². The molecule has 6 nitrogen and oxygen atoms in total. The molecule has 0 fully saturated rings. The molecule has 31 heavy (non-hydrogen) atoms. The Morgan fingerprint density at radius 2 is 1.65 bits per heavy atom. The number of hydrogen-bond acceptors (Lipinski definition) is 3. The van der Waals surface area contributed by atoms with E-state index in [-0.39, 0.29) is 5.56 Å². The van der Waals surface area contributed by atoms with Gasteiger partial charge in [0, 0.05) is 29.9 Å². The van der Waals surface area contributed by atoms with E-state index in [1.54, 1.807) is 33.5 Å². The number of pyridine rings is 1. The summed E-state index contributed by atoms with van der Waals surface area (Å²) >= 11 is 0. The van der Waals surface area contributed by atoms with E-state index in [0.717, 1.165) is 0 Å². The van der Waals surface area contributed by atoms with Crippen LogP contribution in [0.15, 0.2) is 65.6 Å². The number of halogens is 2. The predicted molar refractivity (Wildman–Crippen MR) is 110 cm³/mol. The number of carboxylic acid groups (broad SMARTS) is 1. The van der Waals surface area contributed by atoms with Gasteiger partial charge in [-0.2, -0.15) is 5.10 Å². The summed E-state index contributed by atoms with van der Waals surface area (Å²) in [5.74, 6) is -2.18. The van der Waals surface area contributed by atoms with Crippen LogP contribution < -0.4 is 5.43 Å². The maximum Gasteiger partial charge on any atom is 0.341 e. The minimum absolute atomic E-state index is 0.325. The lowest BCUT2D eigenvalue weighted by molar-refractivity contribution is 0.0694. The first-order valence-corrected chi connectivity index (χ1v) is 9.53. The van der Waals surface area contributed by atoms with Crippen LogP contribution in [0.4, 0.5) is 8.78 Å². The Hall–Kier alpha value is -4.07. The van der Waals surface area contributed by atoms with Crippen LogP contribution in [0.5, 0.6) is 0 Å². The van der Waals surface area contributed by atoms with Crippen LogP contribution in [0.2, 0.25) is 0 Å². The van der Waals surface area contributed by atoms with Crippen LogP contribution in [-0.4, -0.2) is 25.4 Å². The van der Waals surface area contributed by atoms with E-state index in [1.165, 1.54) is 36.5 Å². The highest BCUT2D eigenvalue weighted by molar-refractivity contribution is 5.92. The minimum atomic E-state index is -1.30. The van der Waals surface area contributed by atoms with E-state index in [1.807, 2.05) is 0 Å². The van der Waals surface area contributed by atoms with E-state index in [9.17, 15) is 23.5 Å². The highest BCUT2D eigenvalue weighted by Crippen LogP contribution is 2.41. The Morgan fingerprint density at radius 1 is 0.968 bits per heavy atom. The summed E-state index contributed by atoms with van der Waals surface area (Å²) in [6, 6.07) is 13.1. The first-order valence-electron chi connectivity index (χ1n) is 9.53. The number of carbonyl (C=O) groups is 1. The second-order valence-corrected chi connectivity index (χ2v) is 7.25. The second-order valence-electron chi connectivity index (χ2n) is 7.25. The highest BCUT2D eigenvalue weighted by atomic mass is 19.1. The molecule has 0 spiro atoms. The maximum absolute atomic E-state index is 14.1. The van der Waals surface area contributed by atoms with Gasteiger partial charge in [-0.3, -0.25) is 9.48 Å². The normalized spacial score (nSPS) is 12.3. The number of aromatic carboxylic acids is 1. The van der Waals surface area contributed by atoms with E-state index >= 15 is 0 Å². The molecular formula is C23H15F2N3O3. The van der Waals surface area contributed by atoms with E-state index in [4.69, 9.17) is 0 Å². The lowest BCUT2D eigenvalue weighted by atomic mass is 9.96. The van der Waals surface area contributed by atoms with Gasteiger partial charge >= 0.3 is 5.97 Å². The third-order valence-corrected chi connectivity index (χ3v) is 5.32. The molecule has 0 aliphatic carbocycles. The zero-order chi connectivity index (χ0) is 21.7. The van der Waals surface area contributed by atoms with Gasteiger partial charge in [0.15, 0.2) is 5.43 Å². The molecule has 2 aromatic heterocycles. The number of rotatable bonds is 3. The van der Waals surface area contributed by atoms with Crippen LogP contribution in [0.25, 0.3) is 33.8 Å². The molecule has 1 N–H and O–H groups in total. The smallest absolute Gasteiger partial charge is 0.341 e. The van der Waals surface area contributed by atoms with Gasteiger partial charge in [0.05, 0.1) is 17.9 Å². The van der Waals surface area contributed by atoms with Crippen molar-refractivity contribution in [2.45, 2.75) is 13.1 Å². The molecule has 8 heteroatoms. The molecule has 3 heterocycles. The van der Waals surface area contributed by atoms with Crippen LogP contribution in [0.3, 0.4) is 0 Å². The summed E-state index contributed by atoms with van der Waals surface area (Å²) in [5, 5.41) is 13.9. The van der Waals surface area contributed by atoms with Crippen LogP contribution in [-0.2, 0) is 13.1 Å². The predicted octanol–water partition coefficient (Wildman–Crippen LogP) is 4.04. The highest BCUT2D eigenvalue weighted by Gasteiger charge is 2.28. The lowest BCUT2D eigenvalue weighted by Crippen LogP contribution is -2.24. The van der Waals surface area contributed by atoms with Crippen LogP contribution in [0.1, 0.15) is 10.4 Å². The zero-order valence-corrected chi connectivity index (χ0v) is 16.0. The first-order chi connectivity index (χ1) is 14.9. The molecule has 4 aromatic rings. The van der Waals surface area contributed by atoms with Gasteiger partial charge in [0.2, 0.25) is 0 Å². The topological polar surface area (TPSA) is 77.1 Å². The van der Waals surface area contributed by atoms with Crippen molar-refractivity contribution in [1.82, 2.24) is 14.3 Å². The fourth-order valence-electron chi connectivity index (χ4n) is 3.97. The van der Waals surface area contributed by atoms with Crippen molar-refractivity contribution in [3.05, 3.63) is 88.2 Å². The van der Waals surface area contributed by atoms with Crippen molar-refractivity contribution in [1.29, 1.82) is 0 Å². The molecule has 1 aliphatic rings. The maximum atomic E-state index is 14.1. The summed E-state index contributed by atoms with van der Waals surface area (Å²) in [6.45, 7) is 0.803. The Balaban J connectivity index is 1.84. The second kappa shape index (κ2) is 7.02. The average molecular weight is 419 g/mol. The fraction of sp³-hybridized carbons (Fsp3) is 0.0870. The standard InChI is InChI=1S/C23H15F2N3O3/c24-15-5-1-3-13(9-15)20-21(14-4-2-6-16(25)10-14)26-28-8-7-27-12-17(23(30)31)19(29)11-18(27)22(20)28/h1-6,9-12H,7-8H2,(H,30,31). The van der Waals surface area contributed by atoms with Crippen molar-refractivity contribution in [2.75, 3.05) is 0 Å². The third-order valence-electron chi connectivity index (χ3n) is 5.32. The molecule has 0 saturated heterocycles. The summed E-state index contributed by atoms with van der Waals surface area (Å²) in [4.78, 5) is 23.8. The van der Waals surface area contributed by atoms with Gasteiger partial charge in [-0.25, -0.2) is 13.6 Å². The third kappa shape index (κ3) is 3.13. The van der Waals surface area contributed by atoms with E-state index < -0.39 is 23.0 Å². The molecule has 2 aromatic carbocycles. The van der Waals surface area contributed by atoms with Gasteiger partial charge in [-0.05, 0) is 29.8 Å². The molecule has 0 unspecified atom stereocenters. The molecule has 0 radical (unpaired) electrons. The molecular weight excluding hydrogens is 404 g/mol. The number of aryl methyl sites for hydroxylation is 2. The lowest BCUT2D eigenvalue weighted by Gasteiger charge is -2.22. The summed E-state index contributed by atoms with van der Waals surface area (Å²) in [5.41, 5.74) is 2.08. The summed E-state index contributed by atoms with van der Waals surface area (Å²) < 4.78 is 31.4. The number of aromatic nitrogens is 3. The number of carboxylic acids is 1. The van der Waals surface area contributed by atoms with Gasteiger partial charge in [0.1, 0.15) is 22.9 Å². The Kier molecular flexibility index (Phi) is 4.28. The largest absolute Gasteiger partial charge is 0.477 e. The van der Waals surface area contributed by atoms with Crippen molar-refractivity contribution in [3.8, 4) is 33.8 Å². The molecule has 0 amide bonds. The van der Waals surface area contributed by atoms with E-state index in [0.29, 0.717) is 46.9 Å². The van der Waals surface area contributed by atoms with Gasteiger partial charge in [-0.1, -0.05) is 24.3 Å². The zero-order valence-electron chi connectivity index (χ0n) is 16.0. The number of nitrogens with zero attached hydrogens (tertiary/aromatic N) is 3. The van der Waals surface area contributed by atoms with Crippen molar-refractivity contribution in [2.24, 2.45) is 0 Å². The Bertz CT molecular complexity index is 1420. The molecule has 0 saturated carbocycles. The monoisotopic (exact) mass is 419 g/mol. The van der Waals surface area contributed by atoms with Gasteiger partial charge in [0.25, 0.3) is 0 Å². The molecule has 5 rings (SSSR count). The Labute approximate surface area is 174 Å². The summed E-state index contributed by atoms with van der Waals surface area (Å²) in [6.07, 6.45) is 1.31. The molecule has 0 bridgehead atoms. The SMILES string of the molecule is O=C(O)c1cn2c(cc1=O)-c1c(-c3cccc(F)c3)c(-c3cccc(F)c3)nn1CC2. The molecule has 154 valence electrons. The number of benzene rings is 2. The molecule has 1 aliphatic heterocycles. The van der Waals surface area contributed by atoms with Crippen molar-refractivity contribution in [3.63, 3.8) is 0 Å². The Morgan fingerprint density at radius 3 is 2.32 bits per heavy atom. The number of fused-ring (bicyclic) bond motifs is 3. The van der Waals surface area contributed by atoms with Gasteiger partial charge in [-0.15, -0.1) is 0 Å². The van der Waals surface area contributed by atoms with Crippen molar-refractivity contribution < 1.29 is 18.7 Å². The van der Waals surface area contributed by atoms with Crippen molar-refractivity contribution >= 4 is 5.97 Å². The minimum Gasteiger partial charge on any atom is -0.477 e. The fourth-order valence-corrected chi connectivity index (χ4v) is 3.97. The number of hydrogen-bond donors (Lipinski definition) is 1. The van der Waals surface area contributed by atoms with Crippen LogP contribution >= 0.6 is 0 Å². The first kappa shape index (κ1) is 18.9. The summed E-state index contributed by atoms with van der Waals surface area (Å²) in [7, 11) is 0. The average Bonchev–Trinajstić information content (AvgIpc) is 3.13.